The Labute approximate surface area is 100 Å². The number of rotatable bonds is 3. The third-order valence-corrected chi connectivity index (χ3v) is 3.67. The van der Waals surface area contributed by atoms with E-state index < -0.39 is 0 Å². The highest BCUT2D eigenvalue weighted by atomic mass is 16.3. The van der Waals surface area contributed by atoms with Gasteiger partial charge in [-0.1, -0.05) is 20.8 Å². The summed E-state index contributed by atoms with van der Waals surface area (Å²) in [6.07, 6.45) is 1.15. The van der Waals surface area contributed by atoms with Crippen molar-refractivity contribution < 1.29 is 5.11 Å². The molecule has 1 aliphatic heterocycles. The molecule has 0 aromatic heterocycles. The highest BCUT2D eigenvalue weighted by Crippen LogP contribution is 2.25. The minimum absolute atomic E-state index is 0.269. The Morgan fingerprint density at radius 1 is 1.38 bits per heavy atom. The molecule has 0 amide bonds. The number of likely N-dealkylation sites (N-methyl/N-ethyl adjacent to an activating group) is 1. The zero-order valence-corrected chi connectivity index (χ0v) is 11.5. The van der Waals surface area contributed by atoms with Crippen molar-refractivity contribution in [1.82, 2.24) is 9.80 Å². The van der Waals surface area contributed by atoms with Gasteiger partial charge in [0.05, 0.1) is 6.61 Å². The Kier molecular flexibility index (Phi) is 4.77. The van der Waals surface area contributed by atoms with Crippen LogP contribution < -0.4 is 0 Å². The lowest BCUT2D eigenvalue weighted by atomic mass is 9.92. The van der Waals surface area contributed by atoms with Crippen LogP contribution in [-0.4, -0.2) is 60.3 Å². The minimum atomic E-state index is 0.269. The van der Waals surface area contributed by atoms with Crippen LogP contribution in [-0.2, 0) is 0 Å². The zero-order valence-electron chi connectivity index (χ0n) is 11.5. The van der Waals surface area contributed by atoms with E-state index in [-0.39, 0.29) is 6.61 Å². The fourth-order valence-electron chi connectivity index (χ4n) is 2.85. The Bertz CT molecular complexity index is 218. The lowest BCUT2D eigenvalue weighted by Gasteiger charge is -2.37. The summed E-state index contributed by atoms with van der Waals surface area (Å²) < 4.78 is 0. The largest absolute Gasteiger partial charge is 0.395 e. The molecule has 0 radical (unpaired) electrons. The Hall–Kier alpha value is -0.120. The third kappa shape index (κ3) is 3.44. The van der Waals surface area contributed by atoms with Gasteiger partial charge in [-0.05, 0) is 25.8 Å². The lowest BCUT2D eigenvalue weighted by molar-refractivity contribution is 0.0699. The summed E-state index contributed by atoms with van der Waals surface area (Å²) in [6, 6.07) is 0.852. The van der Waals surface area contributed by atoms with Crippen LogP contribution in [0.4, 0.5) is 0 Å². The summed E-state index contributed by atoms with van der Waals surface area (Å²) in [5, 5.41) is 9.55. The number of hydrogen-bond donors (Lipinski definition) is 1. The van der Waals surface area contributed by atoms with E-state index in [4.69, 9.17) is 0 Å². The van der Waals surface area contributed by atoms with Gasteiger partial charge in [-0.3, -0.25) is 4.90 Å². The van der Waals surface area contributed by atoms with Crippen LogP contribution in [0.2, 0.25) is 0 Å². The number of hydrogen-bond acceptors (Lipinski definition) is 3. The summed E-state index contributed by atoms with van der Waals surface area (Å²) in [7, 11) is 2.16. The standard InChI is InChI=1S/C13H28N2O/c1-6-11(2)15-10-13(3,4)9-14(5)7-12(15)8-16/h11-12,16H,6-10H2,1-5H3. The molecule has 0 bridgehead atoms. The zero-order chi connectivity index (χ0) is 12.3. The Balaban J connectivity index is 2.83. The predicted octanol–water partition coefficient (Wildman–Crippen LogP) is 1.42. The summed E-state index contributed by atoms with van der Waals surface area (Å²) in [4.78, 5) is 4.84. The first-order valence-electron chi connectivity index (χ1n) is 6.44. The molecule has 0 aromatic rings. The first kappa shape index (κ1) is 13.9. The van der Waals surface area contributed by atoms with Crippen LogP contribution in [0.5, 0.6) is 0 Å². The second-order valence-electron chi connectivity index (χ2n) is 6.13. The molecule has 0 spiro atoms. The molecule has 1 heterocycles. The molecule has 3 heteroatoms. The van der Waals surface area contributed by atoms with Crippen molar-refractivity contribution in [3.8, 4) is 0 Å². The van der Waals surface area contributed by atoms with Gasteiger partial charge in [0.2, 0.25) is 0 Å². The smallest absolute Gasteiger partial charge is 0.0599 e. The Morgan fingerprint density at radius 2 is 2.00 bits per heavy atom. The van der Waals surface area contributed by atoms with Crippen LogP contribution in [0.1, 0.15) is 34.1 Å². The van der Waals surface area contributed by atoms with E-state index in [1.165, 1.54) is 0 Å². The Morgan fingerprint density at radius 3 is 2.50 bits per heavy atom. The summed E-state index contributed by atoms with van der Waals surface area (Å²) in [5.74, 6) is 0. The second kappa shape index (κ2) is 5.48. The van der Waals surface area contributed by atoms with E-state index >= 15 is 0 Å². The molecular formula is C13H28N2O. The lowest BCUT2D eigenvalue weighted by Crippen LogP contribution is -2.48. The van der Waals surface area contributed by atoms with Crippen LogP contribution in [0.25, 0.3) is 0 Å². The number of aliphatic hydroxyl groups is 1. The highest BCUT2D eigenvalue weighted by molar-refractivity contribution is 4.88. The molecule has 16 heavy (non-hydrogen) atoms. The second-order valence-corrected chi connectivity index (χ2v) is 6.13. The molecule has 1 saturated heterocycles. The van der Waals surface area contributed by atoms with E-state index in [0.29, 0.717) is 17.5 Å². The maximum Gasteiger partial charge on any atom is 0.0599 e. The topological polar surface area (TPSA) is 26.7 Å². The van der Waals surface area contributed by atoms with Crippen molar-refractivity contribution in [3.63, 3.8) is 0 Å². The normalized spacial score (nSPS) is 30.0. The van der Waals surface area contributed by atoms with Crippen LogP contribution in [0, 0.1) is 5.41 Å². The molecular weight excluding hydrogens is 200 g/mol. The molecule has 2 atom stereocenters. The van der Waals surface area contributed by atoms with E-state index in [1.807, 2.05) is 0 Å². The summed E-state index contributed by atoms with van der Waals surface area (Å²) >= 11 is 0. The molecule has 1 aliphatic rings. The first-order valence-corrected chi connectivity index (χ1v) is 6.44. The minimum Gasteiger partial charge on any atom is -0.395 e. The third-order valence-electron chi connectivity index (χ3n) is 3.67. The number of nitrogens with zero attached hydrogens (tertiary/aromatic N) is 2. The molecule has 2 unspecified atom stereocenters. The average Bonchev–Trinajstić information content (AvgIpc) is 2.32. The van der Waals surface area contributed by atoms with Gasteiger partial charge < -0.3 is 10.0 Å². The molecule has 0 aliphatic carbocycles. The predicted molar refractivity (Wildman–Crippen MR) is 68.6 cm³/mol. The quantitative estimate of drug-likeness (QED) is 0.791. The van der Waals surface area contributed by atoms with Gasteiger partial charge in [-0.25, -0.2) is 0 Å². The van der Waals surface area contributed by atoms with E-state index in [1.54, 1.807) is 0 Å². The van der Waals surface area contributed by atoms with E-state index in [9.17, 15) is 5.11 Å². The molecule has 1 fully saturated rings. The van der Waals surface area contributed by atoms with Gasteiger partial charge >= 0.3 is 0 Å². The maximum absolute atomic E-state index is 9.55. The fourth-order valence-corrected chi connectivity index (χ4v) is 2.85. The van der Waals surface area contributed by atoms with Crippen molar-refractivity contribution in [2.45, 2.75) is 46.2 Å². The van der Waals surface area contributed by atoms with Crippen molar-refractivity contribution in [2.75, 3.05) is 33.3 Å². The van der Waals surface area contributed by atoms with Crippen molar-refractivity contribution in [1.29, 1.82) is 0 Å². The van der Waals surface area contributed by atoms with Gasteiger partial charge in [0.15, 0.2) is 0 Å². The van der Waals surface area contributed by atoms with Crippen LogP contribution >= 0.6 is 0 Å². The fraction of sp³-hybridized carbons (Fsp3) is 1.00. The molecule has 0 aromatic carbocycles. The van der Waals surface area contributed by atoms with Crippen molar-refractivity contribution >= 4 is 0 Å². The van der Waals surface area contributed by atoms with Crippen LogP contribution in [0.15, 0.2) is 0 Å². The molecule has 96 valence electrons. The van der Waals surface area contributed by atoms with Gasteiger partial charge in [0.25, 0.3) is 0 Å². The number of aliphatic hydroxyl groups excluding tert-OH is 1. The van der Waals surface area contributed by atoms with Gasteiger partial charge in [-0.15, -0.1) is 0 Å². The average molecular weight is 228 g/mol. The van der Waals surface area contributed by atoms with E-state index in [2.05, 4.69) is 44.5 Å². The van der Waals surface area contributed by atoms with Crippen molar-refractivity contribution in [3.05, 3.63) is 0 Å². The monoisotopic (exact) mass is 228 g/mol. The molecule has 1 N–H and O–H groups in total. The van der Waals surface area contributed by atoms with Gasteiger partial charge in [0, 0.05) is 31.7 Å². The molecule has 3 nitrogen and oxygen atoms in total. The van der Waals surface area contributed by atoms with Gasteiger partial charge in [-0.2, -0.15) is 0 Å². The SMILES string of the molecule is CCC(C)N1CC(C)(C)CN(C)CC1CO. The molecule has 0 saturated carbocycles. The van der Waals surface area contributed by atoms with Gasteiger partial charge in [0.1, 0.15) is 0 Å². The molecule has 1 rings (SSSR count). The summed E-state index contributed by atoms with van der Waals surface area (Å²) in [6.45, 7) is 12.6. The van der Waals surface area contributed by atoms with Crippen molar-refractivity contribution in [2.24, 2.45) is 5.41 Å². The highest BCUT2D eigenvalue weighted by Gasteiger charge is 2.34. The maximum atomic E-state index is 9.55. The summed E-state index contributed by atoms with van der Waals surface area (Å²) in [5.41, 5.74) is 0.308. The van der Waals surface area contributed by atoms with E-state index in [0.717, 1.165) is 26.1 Å². The first-order chi connectivity index (χ1) is 7.39. The van der Waals surface area contributed by atoms with Crippen LogP contribution in [0.3, 0.4) is 0 Å².